The van der Waals surface area contributed by atoms with Gasteiger partial charge in [0.05, 0.1) is 0 Å². The largest absolute Gasteiger partial charge is 0.457 e. The van der Waals surface area contributed by atoms with E-state index in [0.717, 1.165) is 28.2 Å². The van der Waals surface area contributed by atoms with Gasteiger partial charge in [-0.25, -0.2) is 0 Å². The number of benzene rings is 2. The van der Waals surface area contributed by atoms with E-state index in [9.17, 15) is 0 Å². The van der Waals surface area contributed by atoms with Gasteiger partial charge >= 0.3 is 0 Å². The molecule has 0 amide bonds. The molecular weight excluding hydrogens is 254 g/mol. The first-order valence-corrected chi connectivity index (χ1v) is 6.54. The molecule has 0 saturated heterocycles. The average Bonchev–Trinajstić information content (AvgIpc) is 2.32. The summed E-state index contributed by atoms with van der Waals surface area (Å²) in [6.45, 7) is 6.08. The molecule has 2 aromatic carbocycles. The fourth-order valence-electron chi connectivity index (χ4n) is 2.02. The topological polar surface area (TPSA) is 35.2 Å². The second-order valence-electron chi connectivity index (χ2n) is 4.71. The molecule has 2 rings (SSSR count). The predicted octanol–water partition coefficient (Wildman–Crippen LogP) is 4.04. The second-order valence-corrected chi connectivity index (χ2v) is 5.15. The molecule has 2 N–H and O–H groups in total. The highest BCUT2D eigenvalue weighted by atomic mass is 32.1. The van der Waals surface area contributed by atoms with Crippen LogP contribution >= 0.6 is 12.2 Å². The van der Waals surface area contributed by atoms with Gasteiger partial charge in [-0.05, 0) is 56.2 Å². The maximum atomic E-state index is 5.90. The Bertz CT molecular complexity index is 635. The fraction of sp³-hybridized carbons (Fsp3) is 0.188. The molecule has 0 spiro atoms. The smallest absolute Gasteiger partial charge is 0.130 e. The van der Waals surface area contributed by atoms with Gasteiger partial charge in [0.15, 0.2) is 0 Å². The van der Waals surface area contributed by atoms with Gasteiger partial charge in [-0.1, -0.05) is 29.9 Å². The molecule has 0 aliphatic heterocycles. The second kappa shape index (κ2) is 5.41. The Kier molecular flexibility index (Phi) is 3.86. The Balaban J connectivity index is 2.29. The monoisotopic (exact) mass is 271 g/mol. The third kappa shape index (κ3) is 3.12. The van der Waals surface area contributed by atoms with Crippen LogP contribution in [0.5, 0.6) is 11.5 Å². The summed E-state index contributed by atoms with van der Waals surface area (Å²) in [4.78, 5) is 0.413. The summed E-state index contributed by atoms with van der Waals surface area (Å²) in [5.41, 5.74) is 9.91. The van der Waals surface area contributed by atoms with Crippen molar-refractivity contribution in [2.45, 2.75) is 20.8 Å². The van der Waals surface area contributed by atoms with Crippen LogP contribution in [0, 0.1) is 20.8 Å². The summed E-state index contributed by atoms with van der Waals surface area (Å²) < 4.78 is 5.90. The number of hydrogen-bond donors (Lipinski definition) is 1. The Morgan fingerprint density at radius 1 is 1.00 bits per heavy atom. The summed E-state index contributed by atoms with van der Waals surface area (Å²) in [5, 5.41) is 0. The van der Waals surface area contributed by atoms with E-state index in [0.29, 0.717) is 4.99 Å². The zero-order valence-corrected chi connectivity index (χ0v) is 12.2. The number of ether oxygens (including phenoxy) is 1. The van der Waals surface area contributed by atoms with E-state index < -0.39 is 0 Å². The molecule has 0 radical (unpaired) electrons. The minimum atomic E-state index is 0.413. The van der Waals surface area contributed by atoms with E-state index in [4.69, 9.17) is 22.7 Å². The molecule has 0 aromatic heterocycles. The predicted molar refractivity (Wildman–Crippen MR) is 83.1 cm³/mol. The molecule has 3 heteroatoms. The van der Waals surface area contributed by atoms with Crippen LogP contribution < -0.4 is 10.5 Å². The van der Waals surface area contributed by atoms with Gasteiger partial charge in [-0.3, -0.25) is 0 Å². The van der Waals surface area contributed by atoms with Gasteiger partial charge in [0.1, 0.15) is 16.5 Å². The van der Waals surface area contributed by atoms with Crippen molar-refractivity contribution in [3.05, 3.63) is 58.7 Å². The van der Waals surface area contributed by atoms with Gasteiger partial charge in [0.25, 0.3) is 0 Å². The lowest BCUT2D eigenvalue weighted by molar-refractivity contribution is 0.478. The number of thiocarbonyl (C=S) groups is 1. The third-order valence-electron chi connectivity index (χ3n) is 3.02. The minimum Gasteiger partial charge on any atom is -0.457 e. The molecule has 0 atom stereocenters. The molecule has 0 aliphatic carbocycles. The van der Waals surface area contributed by atoms with Crippen LogP contribution in [0.15, 0.2) is 36.4 Å². The molecule has 0 unspecified atom stereocenters. The summed E-state index contributed by atoms with van der Waals surface area (Å²) in [5.74, 6) is 1.66. The first-order valence-electron chi connectivity index (χ1n) is 6.13. The van der Waals surface area contributed by atoms with Gasteiger partial charge in [0.2, 0.25) is 0 Å². The van der Waals surface area contributed by atoms with E-state index in [1.54, 1.807) is 0 Å². The molecule has 0 heterocycles. The molecule has 0 aliphatic rings. The fourth-order valence-corrected chi connectivity index (χ4v) is 2.25. The maximum absolute atomic E-state index is 5.90. The highest BCUT2D eigenvalue weighted by molar-refractivity contribution is 7.80. The van der Waals surface area contributed by atoms with Crippen LogP contribution in [0.1, 0.15) is 22.3 Å². The third-order valence-corrected chi connectivity index (χ3v) is 3.24. The van der Waals surface area contributed by atoms with E-state index in [-0.39, 0.29) is 0 Å². The SMILES string of the molecule is Cc1ccc(Oc2ccc(C(N)=S)c(C)c2)c(C)c1. The van der Waals surface area contributed by atoms with Gasteiger partial charge in [0, 0.05) is 5.56 Å². The molecule has 0 saturated carbocycles. The van der Waals surface area contributed by atoms with Gasteiger partial charge in [-0.15, -0.1) is 0 Å². The van der Waals surface area contributed by atoms with E-state index in [1.165, 1.54) is 5.56 Å². The molecule has 98 valence electrons. The van der Waals surface area contributed by atoms with Crippen molar-refractivity contribution in [1.82, 2.24) is 0 Å². The van der Waals surface area contributed by atoms with E-state index >= 15 is 0 Å². The van der Waals surface area contributed by atoms with Crippen LogP contribution in [-0.4, -0.2) is 4.99 Å². The van der Waals surface area contributed by atoms with Crippen LogP contribution in [0.2, 0.25) is 0 Å². The molecule has 0 bridgehead atoms. The van der Waals surface area contributed by atoms with Crippen molar-refractivity contribution >= 4 is 17.2 Å². The van der Waals surface area contributed by atoms with Crippen molar-refractivity contribution in [3.63, 3.8) is 0 Å². The van der Waals surface area contributed by atoms with Crippen LogP contribution in [0.4, 0.5) is 0 Å². The number of aryl methyl sites for hydroxylation is 3. The first kappa shape index (κ1) is 13.6. The quantitative estimate of drug-likeness (QED) is 0.856. The highest BCUT2D eigenvalue weighted by Crippen LogP contribution is 2.27. The number of nitrogens with two attached hydrogens (primary N) is 1. The van der Waals surface area contributed by atoms with E-state index in [1.807, 2.05) is 44.2 Å². The lowest BCUT2D eigenvalue weighted by atomic mass is 10.1. The lowest BCUT2D eigenvalue weighted by Gasteiger charge is -2.11. The lowest BCUT2D eigenvalue weighted by Crippen LogP contribution is -2.10. The van der Waals surface area contributed by atoms with Crippen LogP contribution in [0.25, 0.3) is 0 Å². The molecule has 19 heavy (non-hydrogen) atoms. The maximum Gasteiger partial charge on any atom is 0.130 e. The van der Waals surface area contributed by atoms with Gasteiger partial charge in [-0.2, -0.15) is 0 Å². The minimum absolute atomic E-state index is 0.413. The highest BCUT2D eigenvalue weighted by Gasteiger charge is 2.05. The number of rotatable bonds is 3. The Hall–Kier alpha value is -1.87. The van der Waals surface area contributed by atoms with Gasteiger partial charge < -0.3 is 10.5 Å². The van der Waals surface area contributed by atoms with E-state index in [2.05, 4.69) is 13.0 Å². The zero-order valence-electron chi connectivity index (χ0n) is 11.4. The summed E-state index contributed by atoms with van der Waals surface area (Å²) in [6, 6.07) is 11.9. The van der Waals surface area contributed by atoms with Crippen molar-refractivity contribution < 1.29 is 4.74 Å². The summed E-state index contributed by atoms with van der Waals surface area (Å²) in [7, 11) is 0. The average molecular weight is 271 g/mol. The Labute approximate surface area is 119 Å². The van der Waals surface area contributed by atoms with Crippen molar-refractivity contribution in [2.24, 2.45) is 5.73 Å². The van der Waals surface area contributed by atoms with Crippen LogP contribution in [0.3, 0.4) is 0 Å². The van der Waals surface area contributed by atoms with Crippen LogP contribution in [-0.2, 0) is 0 Å². The molecular formula is C16H17NOS. The summed E-state index contributed by atoms with van der Waals surface area (Å²) >= 11 is 4.99. The Morgan fingerprint density at radius 2 is 1.74 bits per heavy atom. The first-order chi connectivity index (χ1) is 8.97. The van der Waals surface area contributed by atoms with Crippen molar-refractivity contribution in [1.29, 1.82) is 0 Å². The molecule has 0 fully saturated rings. The Morgan fingerprint density at radius 3 is 2.32 bits per heavy atom. The standard InChI is InChI=1S/C16H17NOS/c1-10-4-7-15(12(3)8-10)18-13-5-6-14(16(17)19)11(2)9-13/h4-9H,1-3H3,(H2,17,19). The van der Waals surface area contributed by atoms with Crippen molar-refractivity contribution in [2.75, 3.05) is 0 Å². The number of hydrogen-bond acceptors (Lipinski definition) is 2. The molecule has 2 aromatic rings. The van der Waals surface area contributed by atoms with Crippen molar-refractivity contribution in [3.8, 4) is 11.5 Å². The molecule has 2 nitrogen and oxygen atoms in total. The summed E-state index contributed by atoms with van der Waals surface area (Å²) in [6.07, 6.45) is 0. The normalized spacial score (nSPS) is 10.3. The zero-order chi connectivity index (χ0) is 14.0.